The molecule has 0 spiro atoms. The molecule has 0 aliphatic carbocycles. The number of ether oxygens (including phenoxy) is 1. The summed E-state index contributed by atoms with van der Waals surface area (Å²) in [7, 11) is 0. The molecule has 1 saturated heterocycles. The Hall–Kier alpha value is -4.91. The van der Waals surface area contributed by atoms with E-state index in [1.165, 1.54) is 51.9 Å². The van der Waals surface area contributed by atoms with E-state index < -0.39 is 12.4 Å². The molecule has 0 saturated carbocycles. The van der Waals surface area contributed by atoms with E-state index >= 15 is 0 Å². The Morgan fingerprint density at radius 2 is 1.71 bits per heavy atom. The molecule has 9 nitrogen and oxygen atoms in total. The van der Waals surface area contributed by atoms with Gasteiger partial charge < -0.3 is 10.1 Å². The van der Waals surface area contributed by atoms with Crippen LogP contribution in [0.1, 0.15) is 44.7 Å². The van der Waals surface area contributed by atoms with Crippen molar-refractivity contribution in [1.82, 2.24) is 20.1 Å². The number of carbonyl (C=O) groups is 2. The van der Waals surface area contributed by atoms with E-state index in [0.717, 1.165) is 28.0 Å². The van der Waals surface area contributed by atoms with Crippen LogP contribution < -0.4 is 15.0 Å². The van der Waals surface area contributed by atoms with Crippen LogP contribution in [0, 0.1) is 0 Å². The van der Waals surface area contributed by atoms with Gasteiger partial charge in [-0.3, -0.25) is 9.69 Å². The number of para-hydroxylation sites is 1. The minimum Gasteiger partial charge on any atom is -0.406 e. The second-order valence-corrected chi connectivity index (χ2v) is 11.4. The number of halogens is 3. The Labute approximate surface area is 261 Å². The lowest BCUT2D eigenvalue weighted by Gasteiger charge is -2.21. The molecule has 0 bridgehead atoms. The molecule has 1 aliphatic heterocycles. The number of urea groups is 1. The number of amidine groups is 1. The first-order valence-electron chi connectivity index (χ1n) is 13.9. The van der Waals surface area contributed by atoms with Gasteiger partial charge in [0.1, 0.15) is 12.1 Å². The van der Waals surface area contributed by atoms with Crippen molar-refractivity contribution in [2.75, 3.05) is 10.7 Å². The quantitative estimate of drug-likeness (QED) is 0.225. The molecule has 0 radical (unpaired) electrons. The lowest BCUT2D eigenvalue weighted by molar-refractivity contribution is -0.274. The molecule has 232 valence electrons. The highest BCUT2D eigenvalue weighted by atomic mass is 32.2. The van der Waals surface area contributed by atoms with Crippen molar-refractivity contribution in [1.29, 1.82) is 0 Å². The Balaban J connectivity index is 1.27. The summed E-state index contributed by atoms with van der Waals surface area (Å²) in [5.41, 5.74) is 5.22. The Bertz CT molecular complexity index is 1780. The minimum atomic E-state index is -4.77. The van der Waals surface area contributed by atoms with Gasteiger partial charge in [-0.2, -0.15) is 4.99 Å². The predicted molar refractivity (Wildman–Crippen MR) is 168 cm³/mol. The van der Waals surface area contributed by atoms with E-state index in [-0.39, 0.29) is 23.3 Å². The number of alkyl halides is 3. The second-order valence-electron chi connectivity index (χ2n) is 10.4. The van der Waals surface area contributed by atoms with Crippen molar-refractivity contribution in [2.24, 2.45) is 4.99 Å². The van der Waals surface area contributed by atoms with Crippen molar-refractivity contribution in [3.05, 3.63) is 95.9 Å². The van der Waals surface area contributed by atoms with Crippen molar-refractivity contribution < 1.29 is 27.5 Å². The largest absolute Gasteiger partial charge is 0.573 e. The number of carbonyl (C=O) groups excluding carboxylic acids is 2. The maximum Gasteiger partial charge on any atom is 0.573 e. The maximum atomic E-state index is 12.9. The third-order valence-electron chi connectivity index (χ3n) is 7.02. The molecule has 3 amide bonds. The zero-order chi connectivity index (χ0) is 32.3. The summed E-state index contributed by atoms with van der Waals surface area (Å²) >= 11 is 1.23. The number of nitrogens with zero attached hydrogens (tertiary/aromatic N) is 5. The van der Waals surface area contributed by atoms with E-state index in [2.05, 4.69) is 25.1 Å². The van der Waals surface area contributed by atoms with Crippen LogP contribution in [0.15, 0.2) is 89.8 Å². The SMILES string of the molecule is C/C(NC(=O)/N=C1\SCC(=O)N1c1ccccc1C(C)C)=C(/C)c1ccc(-c2ncn(-c3ccc(OC(F)(F)F)cc3)n2)cc1. The molecule has 1 aromatic heterocycles. The normalized spacial score (nSPS) is 15.1. The van der Waals surface area contributed by atoms with E-state index in [1.807, 2.05) is 69.3 Å². The molecule has 0 atom stereocenters. The molecule has 0 unspecified atom stereocenters. The number of amides is 3. The molecule has 3 aromatic carbocycles. The van der Waals surface area contributed by atoms with E-state index in [1.54, 1.807) is 6.92 Å². The Morgan fingerprint density at radius 3 is 2.38 bits per heavy atom. The van der Waals surface area contributed by atoms with Crippen LogP contribution >= 0.6 is 11.8 Å². The van der Waals surface area contributed by atoms with Crippen molar-refractivity contribution in [3.63, 3.8) is 0 Å². The fourth-order valence-corrected chi connectivity index (χ4v) is 5.49. The molecule has 1 aliphatic rings. The highest BCUT2D eigenvalue weighted by Gasteiger charge is 2.32. The molecule has 2 heterocycles. The van der Waals surface area contributed by atoms with Gasteiger partial charge in [0, 0.05) is 11.3 Å². The van der Waals surface area contributed by atoms with Crippen LogP contribution in [0.2, 0.25) is 0 Å². The summed E-state index contributed by atoms with van der Waals surface area (Å²) in [6.45, 7) is 7.74. The first-order valence-corrected chi connectivity index (χ1v) is 14.9. The molecule has 45 heavy (non-hydrogen) atoms. The summed E-state index contributed by atoms with van der Waals surface area (Å²) < 4.78 is 42.6. The van der Waals surface area contributed by atoms with Gasteiger partial charge in [0.25, 0.3) is 0 Å². The van der Waals surface area contributed by atoms with Crippen molar-refractivity contribution in [2.45, 2.75) is 40.0 Å². The maximum absolute atomic E-state index is 12.9. The highest BCUT2D eigenvalue weighted by molar-refractivity contribution is 8.15. The number of benzene rings is 3. The summed E-state index contributed by atoms with van der Waals surface area (Å²) in [6, 6.07) is 19.7. The first-order chi connectivity index (χ1) is 21.4. The summed E-state index contributed by atoms with van der Waals surface area (Å²) in [6.07, 6.45) is -3.30. The topological polar surface area (TPSA) is 102 Å². The number of hydrogen-bond donors (Lipinski definition) is 1. The van der Waals surface area contributed by atoms with Crippen molar-refractivity contribution in [3.8, 4) is 22.8 Å². The number of anilines is 1. The lowest BCUT2D eigenvalue weighted by Crippen LogP contribution is -2.32. The zero-order valence-electron chi connectivity index (χ0n) is 24.8. The van der Waals surface area contributed by atoms with Crippen LogP contribution in [0.4, 0.5) is 23.7 Å². The van der Waals surface area contributed by atoms with Gasteiger partial charge in [0.15, 0.2) is 11.0 Å². The van der Waals surface area contributed by atoms with Crippen LogP contribution in [0.5, 0.6) is 5.75 Å². The average molecular weight is 635 g/mol. The van der Waals surface area contributed by atoms with Gasteiger partial charge in [0.05, 0.1) is 17.1 Å². The zero-order valence-corrected chi connectivity index (χ0v) is 25.6. The summed E-state index contributed by atoms with van der Waals surface area (Å²) in [5.74, 6) is 0.354. The average Bonchev–Trinajstić information content (AvgIpc) is 3.63. The smallest absolute Gasteiger partial charge is 0.406 e. The molecule has 13 heteroatoms. The van der Waals surface area contributed by atoms with Gasteiger partial charge in [0.2, 0.25) is 5.91 Å². The van der Waals surface area contributed by atoms with Crippen LogP contribution in [0.3, 0.4) is 0 Å². The van der Waals surface area contributed by atoms with Gasteiger partial charge in [-0.1, -0.05) is 68.1 Å². The second kappa shape index (κ2) is 13.0. The Kier molecular flexibility index (Phi) is 9.09. The molecule has 1 N–H and O–H groups in total. The van der Waals surface area contributed by atoms with Crippen molar-refractivity contribution >= 4 is 40.1 Å². The molecular weight excluding hydrogens is 605 g/mol. The van der Waals surface area contributed by atoms with Crippen LogP contribution in [-0.2, 0) is 4.79 Å². The van der Waals surface area contributed by atoms with Crippen LogP contribution in [0.25, 0.3) is 22.6 Å². The van der Waals surface area contributed by atoms with E-state index in [4.69, 9.17) is 0 Å². The number of allylic oxidation sites excluding steroid dienone is 2. The fraction of sp³-hybridized carbons (Fsp3) is 0.219. The number of aromatic nitrogens is 3. The summed E-state index contributed by atoms with van der Waals surface area (Å²) in [5, 5.41) is 7.58. The minimum absolute atomic E-state index is 0.129. The van der Waals surface area contributed by atoms with Gasteiger partial charge >= 0.3 is 12.4 Å². The van der Waals surface area contributed by atoms with Crippen LogP contribution in [-0.4, -0.2) is 44.0 Å². The van der Waals surface area contributed by atoms with E-state index in [0.29, 0.717) is 22.4 Å². The molecular formula is C32H29F3N6O3S. The van der Waals surface area contributed by atoms with Gasteiger partial charge in [-0.25, -0.2) is 14.5 Å². The number of nitrogens with one attached hydrogen (secondary N) is 1. The molecule has 5 rings (SSSR count). The highest BCUT2D eigenvalue weighted by Crippen LogP contribution is 2.33. The molecule has 4 aromatic rings. The monoisotopic (exact) mass is 634 g/mol. The third kappa shape index (κ3) is 7.43. The fourth-order valence-electron chi connectivity index (χ4n) is 4.64. The number of thioether (sulfide) groups is 1. The lowest BCUT2D eigenvalue weighted by atomic mass is 10.0. The third-order valence-corrected chi connectivity index (χ3v) is 7.95. The first kappa shape index (κ1) is 31.5. The number of rotatable bonds is 7. The Morgan fingerprint density at radius 1 is 1.02 bits per heavy atom. The standard InChI is InChI=1S/C32H29F3N6O3S/c1-19(2)26-7-5-6-8-27(26)41-28(42)17-45-31(41)38-30(43)37-21(4)20(3)22-9-11-23(12-10-22)29-36-18-40(39-29)24-13-15-25(16-14-24)44-32(33,34)35/h5-16,18-19H,17H2,1-4H3,(H,37,43)/b21-20+,38-31-. The van der Waals surface area contributed by atoms with Gasteiger partial charge in [-0.05, 0) is 66.8 Å². The summed E-state index contributed by atoms with van der Waals surface area (Å²) in [4.78, 5) is 35.7. The number of hydrogen-bond acceptors (Lipinski definition) is 6. The van der Waals surface area contributed by atoms with Gasteiger partial charge in [-0.15, -0.1) is 18.3 Å². The molecule has 1 fully saturated rings. The number of aliphatic imine (C=N–C) groups is 1. The predicted octanol–water partition coefficient (Wildman–Crippen LogP) is 7.55. The van der Waals surface area contributed by atoms with E-state index in [9.17, 15) is 22.8 Å².